The van der Waals surface area contributed by atoms with Gasteiger partial charge < -0.3 is 4.74 Å². The molecule has 0 spiro atoms. The molecule has 0 fully saturated rings. The van der Waals surface area contributed by atoms with Gasteiger partial charge in [-0.15, -0.1) is 0 Å². The number of nitriles is 1. The van der Waals surface area contributed by atoms with Crippen LogP contribution in [0.4, 0.5) is 4.39 Å². The van der Waals surface area contributed by atoms with Crippen LogP contribution in [0.5, 0.6) is 0 Å². The van der Waals surface area contributed by atoms with E-state index in [1.807, 2.05) is 19.9 Å². The second-order valence-corrected chi connectivity index (χ2v) is 4.20. The number of ether oxygens (including phenoxy) is 1. The number of allylic oxidation sites excluding steroid dienone is 1. The lowest BCUT2D eigenvalue weighted by Gasteiger charge is -2.05. The molecule has 0 saturated heterocycles. The minimum atomic E-state index is -0.593. The molecule has 0 aliphatic carbocycles. The SMILES string of the molecule is CC(C)COC(=O)C=C(C#N)c1cccc(F)c1. The predicted octanol–water partition coefficient (Wildman–Crippen LogP) is 2.93. The maximum atomic E-state index is 13.0. The molecule has 0 aromatic heterocycles. The van der Waals surface area contributed by atoms with E-state index in [1.54, 1.807) is 6.07 Å². The first-order valence-electron chi connectivity index (χ1n) is 5.57. The molecule has 0 atom stereocenters. The minimum absolute atomic E-state index is 0.0863. The number of benzene rings is 1. The molecular weight excluding hydrogens is 233 g/mol. The number of carbonyl (C=O) groups is 1. The van der Waals surface area contributed by atoms with Crippen LogP contribution in [-0.4, -0.2) is 12.6 Å². The topological polar surface area (TPSA) is 50.1 Å². The Morgan fingerprint density at radius 1 is 1.56 bits per heavy atom. The molecule has 1 aromatic rings. The summed E-state index contributed by atoms with van der Waals surface area (Å²) in [5.74, 6) is -0.823. The van der Waals surface area contributed by atoms with E-state index in [9.17, 15) is 9.18 Å². The number of rotatable bonds is 4. The Balaban J connectivity index is 2.84. The lowest BCUT2D eigenvalue weighted by Crippen LogP contribution is -2.07. The molecule has 94 valence electrons. The molecule has 4 heteroatoms. The van der Waals surface area contributed by atoms with Crippen molar-refractivity contribution in [1.29, 1.82) is 5.26 Å². The van der Waals surface area contributed by atoms with Gasteiger partial charge in [0.2, 0.25) is 0 Å². The van der Waals surface area contributed by atoms with Crippen LogP contribution in [-0.2, 0) is 9.53 Å². The highest BCUT2D eigenvalue weighted by Crippen LogP contribution is 2.14. The third-order valence-corrected chi connectivity index (χ3v) is 2.08. The molecule has 0 amide bonds. The highest BCUT2D eigenvalue weighted by Gasteiger charge is 2.07. The molecule has 0 aliphatic rings. The Morgan fingerprint density at radius 2 is 2.28 bits per heavy atom. The van der Waals surface area contributed by atoms with E-state index in [0.717, 1.165) is 6.08 Å². The van der Waals surface area contributed by atoms with Crippen LogP contribution in [0.2, 0.25) is 0 Å². The molecule has 0 bridgehead atoms. The monoisotopic (exact) mass is 247 g/mol. The standard InChI is InChI=1S/C14H14FNO2/c1-10(2)9-18-14(17)7-12(8-16)11-4-3-5-13(15)6-11/h3-7,10H,9H2,1-2H3. The Bertz CT molecular complexity index is 501. The van der Waals surface area contributed by atoms with Gasteiger partial charge in [-0.25, -0.2) is 9.18 Å². The summed E-state index contributed by atoms with van der Waals surface area (Å²) in [6, 6.07) is 7.38. The van der Waals surface area contributed by atoms with Gasteiger partial charge in [0.05, 0.1) is 12.2 Å². The van der Waals surface area contributed by atoms with Crippen LogP contribution in [0, 0.1) is 23.1 Å². The summed E-state index contributed by atoms with van der Waals surface area (Å²) in [6.45, 7) is 4.11. The quantitative estimate of drug-likeness (QED) is 0.467. The summed E-state index contributed by atoms with van der Waals surface area (Å²) in [6.07, 6.45) is 1.08. The van der Waals surface area contributed by atoms with Crippen molar-refractivity contribution >= 4 is 11.5 Å². The molecule has 3 nitrogen and oxygen atoms in total. The van der Waals surface area contributed by atoms with E-state index in [0.29, 0.717) is 5.56 Å². The van der Waals surface area contributed by atoms with Gasteiger partial charge in [-0.2, -0.15) is 5.26 Å². The largest absolute Gasteiger partial charge is 0.462 e. The zero-order chi connectivity index (χ0) is 13.5. The molecule has 18 heavy (non-hydrogen) atoms. The number of esters is 1. The van der Waals surface area contributed by atoms with Crippen molar-refractivity contribution < 1.29 is 13.9 Å². The molecule has 0 saturated carbocycles. The summed E-state index contributed by atoms with van der Waals surface area (Å²) in [4.78, 5) is 11.4. The average Bonchev–Trinajstić information content (AvgIpc) is 2.33. The molecular formula is C14H14FNO2. The van der Waals surface area contributed by atoms with Gasteiger partial charge in [0, 0.05) is 6.08 Å². The van der Waals surface area contributed by atoms with E-state index < -0.39 is 11.8 Å². The van der Waals surface area contributed by atoms with Gasteiger partial charge in [-0.3, -0.25) is 0 Å². The molecule has 1 rings (SSSR count). The van der Waals surface area contributed by atoms with E-state index >= 15 is 0 Å². The number of carbonyl (C=O) groups excluding carboxylic acids is 1. The Kier molecular flexibility index (Phi) is 5.06. The maximum Gasteiger partial charge on any atom is 0.332 e. The fraction of sp³-hybridized carbons (Fsp3) is 0.286. The fourth-order valence-corrected chi connectivity index (χ4v) is 1.24. The van der Waals surface area contributed by atoms with Crippen LogP contribution in [0.3, 0.4) is 0 Å². The third-order valence-electron chi connectivity index (χ3n) is 2.08. The summed E-state index contributed by atoms with van der Waals surface area (Å²) in [5.41, 5.74) is 0.447. The average molecular weight is 247 g/mol. The van der Waals surface area contributed by atoms with Crippen molar-refractivity contribution in [2.75, 3.05) is 6.61 Å². The molecule has 0 heterocycles. The van der Waals surface area contributed by atoms with Crippen LogP contribution in [0.15, 0.2) is 30.3 Å². The van der Waals surface area contributed by atoms with Gasteiger partial charge in [0.15, 0.2) is 0 Å². The second kappa shape index (κ2) is 6.55. The lowest BCUT2D eigenvalue weighted by atomic mass is 10.1. The molecule has 0 radical (unpaired) electrons. The summed E-state index contributed by atoms with van der Waals surface area (Å²) < 4.78 is 17.9. The maximum absolute atomic E-state index is 13.0. The van der Waals surface area contributed by atoms with Gasteiger partial charge >= 0.3 is 5.97 Å². The van der Waals surface area contributed by atoms with Crippen LogP contribution < -0.4 is 0 Å². The number of hydrogen-bond donors (Lipinski definition) is 0. The van der Waals surface area contributed by atoms with Crippen molar-refractivity contribution in [3.05, 3.63) is 41.7 Å². The second-order valence-electron chi connectivity index (χ2n) is 4.20. The first-order valence-corrected chi connectivity index (χ1v) is 5.57. The van der Waals surface area contributed by atoms with Crippen LogP contribution in [0.25, 0.3) is 5.57 Å². The van der Waals surface area contributed by atoms with Crippen molar-refractivity contribution in [2.45, 2.75) is 13.8 Å². The smallest absolute Gasteiger partial charge is 0.332 e. The highest BCUT2D eigenvalue weighted by atomic mass is 19.1. The van der Waals surface area contributed by atoms with Gasteiger partial charge in [-0.05, 0) is 23.6 Å². The summed E-state index contributed by atoms with van der Waals surface area (Å²) in [5, 5.41) is 8.95. The van der Waals surface area contributed by atoms with Crippen molar-refractivity contribution in [3.63, 3.8) is 0 Å². The van der Waals surface area contributed by atoms with E-state index in [-0.39, 0.29) is 18.1 Å². The normalized spacial score (nSPS) is 11.2. The van der Waals surface area contributed by atoms with Gasteiger partial charge in [0.1, 0.15) is 11.9 Å². The zero-order valence-electron chi connectivity index (χ0n) is 10.3. The van der Waals surface area contributed by atoms with Gasteiger partial charge in [0.25, 0.3) is 0 Å². The van der Waals surface area contributed by atoms with Crippen molar-refractivity contribution in [1.82, 2.24) is 0 Å². The van der Waals surface area contributed by atoms with Gasteiger partial charge in [-0.1, -0.05) is 26.0 Å². The number of hydrogen-bond acceptors (Lipinski definition) is 3. The van der Waals surface area contributed by atoms with Crippen molar-refractivity contribution in [3.8, 4) is 6.07 Å². The number of nitrogens with zero attached hydrogens (tertiary/aromatic N) is 1. The van der Waals surface area contributed by atoms with E-state index in [2.05, 4.69) is 0 Å². The predicted molar refractivity (Wildman–Crippen MR) is 65.8 cm³/mol. The fourth-order valence-electron chi connectivity index (χ4n) is 1.24. The lowest BCUT2D eigenvalue weighted by molar-refractivity contribution is -0.138. The summed E-state index contributed by atoms with van der Waals surface area (Å²) in [7, 11) is 0. The highest BCUT2D eigenvalue weighted by molar-refractivity contribution is 5.95. The summed E-state index contributed by atoms with van der Waals surface area (Å²) >= 11 is 0. The molecule has 0 unspecified atom stereocenters. The Morgan fingerprint density at radius 3 is 2.83 bits per heavy atom. The van der Waals surface area contributed by atoms with E-state index in [4.69, 9.17) is 10.00 Å². The molecule has 1 aromatic carbocycles. The van der Waals surface area contributed by atoms with Crippen LogP contribution in [0.1, 0.15) is 19.4 Å². The number of halogens is 1. The Labute approximate surface area is 105 Å². The third kappa shape index (κ3) is 4.38. The Hall–Kier alpha value is -2.15. The molecule has 0 N–H and O–H groups in total. The van der Waals surface area contributed by atoms with E-state index in [1.165, 1.54) is 18.2 Å². The first kappa shape index (κ1) is 13.9. The van der Waals surface area contributed by atoms with Crippen LogP contribution >= 0.6 is 0 Å². The molecule has 0 aliphatic heterocycles. The minimum Gasteiger partial charge on any atom is -0.462 e. The zero-order valence-corrected chi connectivity index (χ0v) is 10.3. The van der Waals surface area contributed by atoms with Crippen molar-refractivity contribution in [2.24, 2.45) is 5.92 Å². The first-order chi connectivity index (χ1) is 8.52.